The molecule has 2 aromatic carbocycles. The predicted octanol–water partition coefficient (Wildman–Crippen LogP) is 9.99. The van der Waals surface area contributed by atoms with E-state index in [1.54, 1.807) is 0 Å². The summed E-state index contributed by atoms with van der Waals surface area (Å²) in [6.45, 7) is 4.29. The first-order valence-corrected chi connectivity index (χ1v) is 23.0. The molecule has 0 radical (unpaired) electrons. The average Bonchev–Trinajstić information content (AvgIpc) is 3.16. The quantitative estimate of drug-likeness (QED) is 0.0486. The van der Waals surface area contributed by atoms with Gasteiger partial charge in [0.2, 0.25) is 0 Å². The molecule has 0 aliphatic heterocycles. The number of carboxylic acid groups (broad SMARTS) is 2. The third kappa shape index (κ3) is 41.2. The van der Waals surface area contributed by atoms with Gasteiger partial charge in [-0.2, -0.15) is 0 Å². The molecule has 0 aliphatic carbocycles. The van der Waals surface area contributed by atoms with E-state index in [4.69, 9.17) is 0 Å². The van der Waals surface area contributed by atoms with Crippen molar-refractivity contribution in [1.82, 2.24) is 0 Å². The van der Waals surface area contributed by atoms with Gasteiger partial charge in [-0.05, 0) is 89.9 Å². The molecule has 0 amide bonds. The van der Waals surface area contributed by atoms with Crippen LogP contribution >= 0.6 is 0 Å². The molecule has 4 nitrogen and oxygen atoms in total. The van der Waals surface area contributed by atoms with E-state index in [2.05, 4.69) is 147 Å². The van der Waals surface area contributed by atoms with Crippen LogP contribution in [0.1, 0.15) is 142 Å². The Morgan fingerprint density at radius 1 is 0.434 bits per heavy atom. The molecule has 288 valence electrons. The fraction of sp³-hybridized carbons (Fsp3) is 0.458. The van der Waals surface area contributed by atoms with Crippen molar-refractivity contribution in [3.63, 3.8) is 0 Å². The Morgan fingerprint density at radius 3 is 1.08 bits per heavy atom. The zero-order chi connectivity index (χ0) is 38.7. The van der Waals surface area contributed by atoms with Crippen LogP contribution < -0.4 is 17.4 Å². The van der Waals surface area contributed by atoms with E-state index in [-0.39, 0.29) is 12.8 Å². The normalized spacial score (nSPS) is 11.4. The molecule has 0 bridgehead atoms. The van der Waals surface area contributed by atoms with Crippen molar-refractivity contribution < 1.29 is 19.8 Å². The summed E-state index contributed by atoms with van der Waals surface area (Å²) < 4.78 is 3.08. The number of carbonyl (C=O) groups is 2. The van der Waals surface area contributed by atoms with E-state index in [0.717, 1.165) is 89.9 Å². The second kappa shape index (κ2) is 41.4. The van der Waals surface area contributed by atoms with Gasteiger partial charge in [0, 0.05) is 11.9 Å². The fourth-order valence-electron chi connectivity index (χ4n) is 4.99. The Morgan fingerprint density at radius 2 is 0.736 bits per heavy atom. The Kier molecular flexibility index (Phi) is 38.7. The zero-order valence-corrected chi connectivity index (χ0v) is 35.8. The van der Waals surface area contributed by atoms with Crippen molar-refractivity contribution in [3.8, 4) is 0 Å². The van der Waals surface area contributed by atoms with Crippen molar-refractivity contribution in [2.24, 2.45) is 0 Å². The molecule has 0 aliphatic rings. The van der Waals surface area contributed by atoms with Crippen molar-refractivity contribution in [2.75, 3.05) is 0 Å². The molecule has 0 fully saturated rings. The minimum absolute atomic E-state index is 0.208. The first-order valence-electron chi connectivity index (χ1n) is 20.2. The van der Waals surface area contributed by atoms with Crippen LogP contribution in [0.2, 0.25) is 0 Å². The van der Waals surface area contributed by atoms with Gasteiger partial charge in [0.1, 0.15) is 0 Å². The molecule has 0 unspecified atom stereocenters. The summed E-state index contributed by atoms with van der Waals surface area (Å²) >= 11 is -0.517. The summed E-state index contributed by atoms with van der Waals surface area (Å²) in [5, 5.41) is 20.4. The minimum atomic E-state index is -0.925. The van der Waals surface area contributed by atoms with Gasteiger partial charge in [-0.3, -0.25) is 0 Å². The number of hydrogen-bond acceptors (Lipinski definition) is 4. The van der Waals surface area contributed by atoms with Gasteiger partial charge in [-0.1, -0.05) is 125 Å². The van der Waals surface area contributed by atoms with E-state index < -0.39 is 33.1 Å². The van der Waals surface area contributed by atoms with Crippen molar-refractivity contribution >= 4 is 40.2 Å². The molecule has 0 heterocycles. The molecular formula is C48H68O4Sn. The van der Waals surface area contributed by atoms with Gasteiger partial charge < -0.3 is 19.8 Å². The number of allylic oxidation sites excluding steroid dienone is 12. The number of carboxylic acids is 2. The molecular weight excluding hydrogens is 759 g/mol. The Balaban J connectivity index is 0.000000781. The predicted molar refractivity (Wildman–Crippen MR) is 226 cm³/mol. The van der Waals surface area contributed by atoms with Crippen LogP contribution in [0.15, 0.2) is 134 Å². The number of benzene rings is 2. The Bertz CT molecular complexity index is 1180. The third-order valence-corrected chi connectivity index (χ3v) is 11.5. The number of hydrogen-bond donors (Lipinski definition) is 0. The molecule has 2 rings (SSSR count). The summed E-state index contributed by atoms with van der Waals surface area (Å²) in [5.41, 5.74) is 0. The van der Waals surface area contributed by atoms with Gasteiger partial charge in [0.05, 0.1) is 0 Å². The molecule has 0 atom stereocenters. The number of aliphatic carboxylic acids is 2. The third-order valence-electron chi connectivity index (χ3n) is 7.90. The van der Waals surface area contributed by atoms with E-state index in [1.807, 2.05) is 0 Å². The average molecular weight is 828 g/mol. The van der Waals surface area contributed by atoms with Crippen LogP contribution in [0.4, 0.5) is 0 Å². The standard InChI is InChI=1S/2C18H30O2.2C6H5.Sn/c2*1-2-3-4-5-6-7-8-9-10-11-12-13-14-15-16-17-18(19)20;2*1-2-4-6-5-3-1;/h2*3-4,6-7,9-10H,2,5,8,11-17H2,1H3,(H,19,20);2*1-5H;/q;;;;+2/p-2/b2*4-3-,7-6-,10-9-;;;. The molecule has 2 aromatic rings. The van der Waals surface area contributed by atoms with Crippen LogP contribution in [0.5, 0.6) is 0 Å². The SMILES string of the molecule is CC/C=C\C/C=C\C/C=C\CCCCCCCC(=O)[O-].CC/C=C\C/C=C\C/C=C\CCCCCCCC(=O)[O-].c1cc[c]([Sn+2][c]2ccccc2)cc1. The number of rotatable bonds is 28. The van der Waals surface area contributed by atoms with Gasteiger partial charge in [0.25, 0.3) is 0 Å². The first-order chi connectivity index (χ1) is 26.0. The van der Waals surface area contributed by atoms with Crippen LogP contribution in [0.25, 0.3) is 0 Å². The molecule has 0 N–H and O–H groups in total. The van der Waals surface area contributed by atoms with Crippen molar-refractivity contribution in [3.05, 3.63) is 134 Å². The van der Waals surface area contributed by atoms with E-state index in [9.17, 15) is 19.8 Å². The Hall–Kier alpha value is -3.38. The monoisotopic (exact) mass is 828 g/mol. The summed E-state index contributed by atoms with van der Waals surface area (Å²) in [5.74, 6) is -1.85. The van der Waals surface area contributed by atoms with Gasteiger partial charge >= 0.3 is 89.0 Å². The molecule has 0 spiro atoms. The van der Waals surface area contributed by atoms with Gasteiger partial charge in [0.15, 0.2) is 0 Å². The van der Waals surface area contributed by atoms with Crippen molar-refractivity contribution in [2.45, 2.75) is 142 Å². The van der Waals surface area contributed by atoms with Crippen LogP contribution in [0, 0.1) is 0 Å². The molecule has 0 saturated heterocycles. The molecule has 53 heavy (non-hydrogen) atoms. The van der Waals surface area contributed by atoms with E-state index in [0.29, 0.717) is 0 Å². The van der Waals surface area contributed by atoms with Crippen LogP contribution in [-0.4, -0.2) is 33.1 Å². The van der Waals surface area contributed by atoms with E-state index in [1.165, 1.54) is 32.8 Å². The molecule has 0 aromatic heterocycles. The zero-order valence-electron chi connectivity index (χ0n) is 33.0. The summed E-state index contributed by atoms with van der Waals surface area (Å²) in [6, 6.07) is 21.6. The topological polar surface area (TPSA) is 80.3 Å². The molecule has 0 saturated carbocycles. The number of carbonyl (C=O) groups excluding carboxylic acids is 2. The van der Waals surface area contributed by atoms with Crippen LogP contribution in [0.3, 0.4) is 0 Å². The summed E-state index contributed by atoms with van der Waals surface area (Å²) in [7, 11) is 0. The second-order valence-corrected chi connectivity index (χ2v) is 16.8. The van der Waals surface area contributed by atoms with Gasteiger partial charge in [-0.25, -0.2) is 0 Å². The first kappa shape index (κ1) is 49.6. The van der Waals surface area contributed by atoms with Crippen molar-refractivity contribution in [1.29, 1.82) is 0 Å². The number of unbranched alkanes of at least 4 members (excludes halogenated alkanes) is 10. The Labute approximate surface area is 334 Å². The second-order valence-electron chi connectivity index (χ2n) is 12.8. The summed E-state index contributed by atoms with van der Waals surface area (Å²) in [6.07, 6.45) is 46.1. The van der Waals surface area contributed by atoms with Crippen LogP contribution in [-0.2, 0) is 9.59 Å². The van der Waals surface area contributed by atoms with E-state index >= 15 is 0 Å². The maximum absolute atomic E-state index is 10.2. The molecule has 5 heteroatoms. The fourth-order valence-corrected chi connectivity index (χ4v) is 7.99. The maximum atomic E-state index is 10.2. The summed E-state index contributed by atoms with van der Waals surface area (Å²) in [4.78, 5) is 20.4. The van der Waals surface area contributed by atoms with Gasteiger partial charge in [-0.15, -0.1) is 0 Å².